The highest BCUT2D eigenvalue weighted by Gasteiger charge is 2.14. The van der Waals surface area contributed by atoms with Gasteiger partial charge >= 0.3 is 0 Å². The standard InChI is InChI=1S/C23H24N4O2/c1-29-21-6-4-5-17(13-21)14-24-22(28)19-9-7-18(8-10-19)20-15-25-23(26-16-20)27-11-2-3-12-27/h4-10,13,15-16H,2-3,11-12,14H2,1H3,(H,24,28). The Morgan fingerprint density at radius 2 is 1.76 bits per heavy atom. The van der Waals surface area contributed by atoms with Gasteiger partial charge in [-0.05, 0) is 48.2 Å². The van der Waals surface area contributed by atoms with Crippen molar-refractivity contribution in [2.75, 3.05) is 25.1 Å². The number of carbonyl (C=O) groups excluding carboxylic acids is 1. The van der Waals surface area contributed by atoms with E-state index >= 15 is 0 Å². The summed E-state index contributed by atoms with van der Waals surface area (Å²) >= 11 is 0. The van der Waals surface area contributed by atoms with E-state index in [1.807, 2.05) is 60.9 Å². The zero-order chi connectivity index (χ0) is 20.1. The monoisotopic (exact) mass is 388 g/mol. The van der Waals surface area contributed by atoms with Crippen LogP contribution in [0.25, 0.3) is 11.1 Å². The second-order valence-corrected chi connectivity index (χ2v) is 7.08. The maximum absolute atomic E-state index is 12.4. The van der Waals surface area contributed by atoms with E-state index in [0.29, 0.717) is 12.1 Å². The Labute approximate surface area is 170 Å². The summed E-state index contributed by atoms with van der Waals surface area (Å²) in [5.74, 6) is 1.46. The van der Waals surface area contributed by atoms with Crippen molar-refractivity contribution >= 4 is 11.9 Å². The van der Waals surface area contributed by atoms with Gasteiger partial charge in [-0.25, -0.2) is 9.97 Å². The van der Waals surface area contributed by atoms with Gasteiger partial charge in [-0.1, -0.05) is 24.3 Å². The van der Waals surface area contributed by atoms with Gasteiger partial charge in [0, 0.05) is 43.2 Å². The van der Waals surface area contributed by atoms with E-state index in [0.717, 1.165) is 41.5 Å². The van der Waals surface area contributed by atoms with Crippen LogP contribution < -0.4 is 15.0 Å². The number of nitrogens with one attached hydrogen (secondary N) is 1. The van der Waals surface area contributed by atoms with Crippen molar-refractivity contribution in [2.45, 2.75) is 19.4 Å². The van der Waals surface area contributed by atoms with Gasteiger partial charge in [0.2, 0.25) is 5.95 Å². The van der Waals surface area contributed by atoms with Crippen LogP contribution in [-0.4, -0.2) is 36.1 Å². The molecule has 1 aliphatic rings. The van der Waals surface area contributed by atoms with Crippen LogP contribution in [0.5, 0.6) is 5.75 Å². The van der Waals surface area contributed by atoms with Gasteiger partial charge in [0.05, 0.1) is 7.11 Å². The van der Waals surface area contributed by atoms with Crippen molar-refractivity contribution in [3.8, 4) is 16.9 Å². The molecule has 1 aromatic heterocycles. The molecule has 0 atom stereocenters. The average Bonchev–Trinajstić information content (AvgIpc) is 3.33. The summed E-state index contributed by atoms with van der Waals surface area (Å²) in [5.41, 5.74) is 3.54. The Morgan fingerprint density at radius 3 is 2.45 bits per heavy atom. The molecule has 1 N–H and O–H groups in total. The summed E-state index contributed by atoms with van der Waals surface area (Å²) in [7, 11) is 1.63. The third-order valence-corrected chi connectivity index (χ3v) is 5.09. The van der Waals surface area contributed by atoms with Crippen LogP contribution in [0.3, 0.4) is 0 Å². The summed E-state index contributed by atoms with van der Waals surface area (Å²) in [4.78, 5) is 23.6. The lowest BCUT2D eigenvalue weighted by Gasteiger charge is -2.14. The first-order valence-corrected chi connectivity index (χ1v) is 9.81. The molecule has 2 aromatic carbocycles. The van der Waals surface area contributed by atoms with Crippen molar-refractivity contribution in [1.82, 2.24) is 15.3 Å². The quantitative estimate of drug-likeness (QED) is 0.698. The molecule has 0 unspecified atom stereocenters. The summed E-state index contributed by atoms with van der Waals surface area (Å²) in [5, 5.41) is 2.94. The number of amides is 1. The van der Waals surface area contributed by atoms with Crippen LogP contribution >= 0.6 is 0 Å². The fourth-order valence-corrected chi connectivity index (χ4v) is 3.43. The van der Waals surface area contributed by atoms with Crippen LogP contribution in [-0.2, 0) is 6.54 Å². The predicted molar refractivity (Wildman–Crippen MR) is 113 cm³/mol. The first-order chi connectivity index (χ1) is 14.2. The Kier molecular flexibility index (Phi) is 5.70. The van der Waals surface area contributed by atoms with E-state index < -0.39 is 0 Å². The average molecular weight is 388 g/mol. The number of anilines is 1. The smallest absolute Gasteiger partial charge is 0.251 e. The van der Waals surface area contributed by atoms with E-state index in [9.17, 15) is 4.79 Å². The number of hydrogen-bond donors (Lipinski definition) is 1. The molecule has 6 heteroatoms. The maximum Gasteiger partial charge on any atom is 0.251 e. The van der Waals surface area contributed by atoms with Crippen molar-refractivity contribution < 1.29 is 9.53 Å². The van der Waals surface area contributed by atoms with Gasteiger partial charge in [0.1, 0.15) is 5.75 Å². The summed E-state index contributed by atoms with van der Waals surface area (Å²) < 4.78 is 5.21. The third-order valence-electron chi connectivity index (χ3n) is 5.09. The molecule has 0 aliphatic carbocycles. The minimum atomic E-state index is -0.111. The number of rotatable bonds is 6. The number of aromatic nitrogens is 2. The number of ether oxygens (including phenoxy) is 1. The first kappa shape index (κ1) is 18.9. The highest BCUT2D eigenvalue weighted by Crippen LogP contribution is 2.21. The van der Waals surface area contributed by atoms with Gasteiger partial charge in [-0.2, -0.15) is 0 Å². The molecule has 1 saturated heterocycles. The summed E-state index contributed by atoms with van der Waals surface area (Å²) in [6.45, 7) is 2.50. The zero-order valence-corrected chi connectivity index (χ0v) is 16.5. The van der Waals surface area contributed by atoms with E-state index in [4.69, 9.17) is 4.74 Å². The highest BCUT2D eigenvalue weighted by molar-refractivity contribution is 5.94. The molecule has 1 amide bonds. The molecule has 0 spiro atoms. The van der Waals surface area contributed by atoms with Crippen LogP contribution in [0.15, 0.2) is 60.9 Å². The van der Waals surface area contributed by atoms with Crippen molar-refractivity contribution in [3.05, 3.63) is 72.1 Å². The Bertz CT molecular complexity index is 965. The molecule has 0 bridgehead atoms. The van der Waals surface area contributed by atoms with Crippen LogP contribution in [0.1, 0.15) is 28.8 Å². The Morgan fingerprint density at radius 1 is 1.03 bits per heavy atom. The van der Waals surface area contributed by atoms with E-state index in [1.54, 1.807) is 7.11 Å². The molecular weight excluding hydrogens is 364 g/mol. The lowest BCUT2D eigenvalue weighted by atomic mass is 10.1. The van der Waals surface area contributed by atoms with Crippen LogP contribution in [0.2, 0.25) is 0 Å². The van der Waals surface area contributed by atoms with E-state index in [2.05, 4.69) is 20.2 Å². The number of nitrogens with zero attached hydrogens (tertiary/aromatic N) is 3. The molecule has 4 rings (SSSR count). The number of benzene rings is 2. The van der Waals surface area contributed by atoms with E-state index in [1.165, 1.54) is 12.8 Å². The third kappa shape index (κ3) is 4.54. The normalized spacial score (nSPS) is 13.3. The number of carbonyl (C=O) groups is 1. The molecule has 1 fully saturated rings. The molecule has 3 aromatic rings. The molecule has 6 nitrogen and oxygen atoms in total. The molecule has 0 radical (unpaired) electrons. The Balaban J connectivity index is 1.38. The Hall–Kier alpha value is -3.41. The number of hydrogen-bond acceptors (Lipinski definition) is 5. The van der Waals surface area contributed by atoms with Gasteiger partial charge in [-0.15, -0.1) is 0 Å². The molecule has 29 heavy (non-hydrogen) atoms. The summed E-state index contributed by atoms with van der Waals surface area (Å²) in [6, 6.07) is 15.2. The predicted octanol–water partition coefficient (Wildman–Crippen LogP) is 3.68. The van der Waals surface area contributed by atoms with Crippen molar-refractivity contribution in [3.63, 3.8) is 0 Å². The first-order valence-electron chi connectivity index (χ1n) is 9.81. The van der Waals surface area contributed by atoms with Gasteiger partial charge in [-0.3, -0.25) is 4.79 Å². The SMILES string of the molecule is COc1cccc(CNC(=O)c2ccc(-c3cnc(N4CCCC4)nc3)cc2)c1. The second kappa shape index (κ2) is 8.73. The lowest BCUT2D eigenvalue weighted by Crippen LogP contribution is -2.22. The number of methoxy groups -OCH3 is 1. The van der Waals surface area contributed by atoms with E-state index in [-0.39, 0.29) is 5.91 Å². The molecule has 1 aliphatic heterocycles. The lowest BCUT2D eigenvalue weighted by molar-refractivity contribution is 0.0951. The maximum atomic E-state index is 12.4. The molecule has 0 saturated carbocycles. The highest BCUT2D eigenvalue weighted by atomic mass is 16.5. The fourth-order valence-electron chi connectivity index (χ4n) is 3.43. The van der Waals surface area contributed by atoms with Crippen LogP contribution in [0.4, 0.5) is 5.95 Å². The van der Waals surface area contributed by atoms with Gasteiger partial charge < -0.3 is 15.0 Å². The topological polar surface area (TPSA) is 67.3 Å². The minimum absolute atomic E-state index is 0.111. The van der Waals surface area contributed by atoms with Crippen LogP contribution in [0, 0.1) is 0 Å². The largest absolute Gasteiger partial charge is 0.497 e. The van der Waals surface area contributed by atoms with Crippen molar-refractivity contribution in [1.29, 1.82) is 0 Å². The van der Waals surface area contributed by atoms with Gasteiger partial charge in [0.15, 0.2) is 0 Å². The second-order valence-electron chi connectivity index (χ2n) is 7.08. The molecular formula is C23H24N4O2. The van der Waals surface area contributed by atoms with Gasteiger partial charge in [0.25, 0.3) is 5.91 Å². The molecule has 2 heterocycles. The zero-order valence-electron chi connectivity index (χ0n) is 16.5. The fraction of sp³-hybridized carbons (Fsp3) is 0.261. The molecule has 148 valence electrons. The minimum Gasteiger partial charge on any atom is -0.497 e. The van der Waals surface area contributed by atoms with Crippen molar-refractivity contribution in [2.24, 2.45) is 0 Å². The summed E-state index contributed by atoms with van der Waals surface area (Å²) in [6.07, 6.45) is 6.09.